The van der Waals surface area contributed by atoms with Crippen LogP contribution < -0.4 is 15.4 Å². The number of methoxy groups -OCH3 is 1. The molecule has 1 aromatic carbocycles. The van der Waals surface area contributed by atoms with Crippen molar-refractivity contribution in [2.75, 3.05) is 17.7 Å². The van der Waals surface area contributed by atoms with Crippen molar-refractivity contribution in [3.05, 3.63) is 40.7 Å². The van der Waals surface area contributed by atoms with Crippen LogP contribution in [0.4, 0.5) is 17.2 Å². The van der Waals surface area contributed by atoms with E-state index in [-0.39, 0.29) is 0 Å². The fraction of sp³-hybridized carbons (Fsp3) is 0.200. The summed E-state index contributed by atoms with van der Waals surface area (Å²) in [5.74, 6) is 1.99. The van der Waals surface area contributed by atoms with Gasteiger partial charge in [0.25, 0.3) is 0 Å². The first-order valence-electron chi connectivity index (χ1n) is 9.31. The Morgan fingerprint density at radius 3 is 2.61 bits per heavy atom. The largest absolute Gasteiger partial charge is 0.495 e. The van der Waals surface area contributed by atoms with E-state index in [2.05, 4.69) is 54.6 Å². The highest BCUT2D eigenvalue weighted by Crippen LogP contribution is 2.38. The fourth-order valence-electron chi connectivity index (χ4n) is 3.16. The molecule has 0 aliphatic heterocycles. The molecule has 4 aromatic rings. The number of halogens is 1. The van der Waals surface area contributed by atoms with Gasteiger partial charge in [-0.25, -0.2) is 15.0 Å². The van der Waals surface area contributed by atoms with E-state index in [0.717, 1.165) is 39.0 Å². The molecule has 1 amide bonds. The van der Waals surface area contributed by atoms with Crippen molar-refractivity contribution < 1.29 is 9.53 Å². The van der Waals surface area contributed by atoms with Crippen LogP contribution in [0.1, 0.15) is 16.4 Å². The molecule has 3 heterocycles. The lowest BCUT2D eigenvalue weighted by Gasteiger charge is -2.13. The van der Waals surface area contributed by atoms with Gasteiger partial charge in [-0.3, -0.25) is 9.13 Å². The molecule has 0 saturated heterocycles. The summed E-state index contributed by atoms with van der Waals surface area (Å²) in [6.45, 7) is 6.03. The first-order valence-corrected chi connectivity index (χ1v) is 14.2. The van der Waals surface area contributed by atoms with Gasteiger partial charge in [0.05, 0.1) is 30.6 Å². The zero-order valence-corrected chi connectivity index (χ0v) is 21.3. The van der Waals surface area contributed by atoms with Crippen LogP contribution >= 0.6 is 39.8 Å². The second-order valence-electron chi connectivity index (χ2n) is 6.77. The Kier molecular flexibility index (Phi) is 6.40. The van der Waals surface area contributed by atoms with Crippen molar-refractivity contribution in [1.82, 2.24) is 19.3 Å². The highest BCUT2D eigenvalue weighted by atomic mass is 127. The van der Waals surface area contributed by atoms with E-state index < -0.39 is 0 Å². The molecular weight excluding hydrogens is 546 g/mol. The number of nitrogens with one attached hydrogen (secondary N) is 2. The van der Waals surface area contributed by atoms with Crippen molar-refractivity contribution in [1.29, 1.82) is 0 Å². The maximum absolute atomic E-state index is 11.0. The Morgan fingerprint density at radius 2 is 1.97 bits per heavy atom. The van der Waals surface area contributed by atoms with Gasteiger partial charge in [-0.2, -0.15) is 0 Å². The molecule has 1 unspecified atom stereocenters. The number of pyridine rings is 1. The minimum atomic E-state index is 0.438. The number of nitrogens with zero attached hydrogens (tertiary/aromatic N) is 4. The minimum absolute atomic E-state index is 0.438. The Hall–Kier alpha value is -2.30. The lowest BCUT2D eigenvalue weighted by molar-refractivity contribution is -0.105. The Balaban J connectivity index is 1.78. The third-order valence-corrected chi connectivity index (χ3v) is 8.09. The molecule has 0 saturated carbocycles. The molecule has 3 aromatic heterocycles. The molecule has 0 aliphatic carbocycles. The van der Waals surface area contributed by atoms with Gasteiger partial charge in [0, 0.05) is 16.5 Å². The van der Waals surface area contributed by atoms with Crippen molar-refractivity contribution in [3.63, 3.8) is 0 Å². The van der Waals surface area contributed by atoms with Gasteiger partial charge in [0.2, 0.25) is 6.41 Å². The third kappa shape index (κ3) is 4.24. The van der Waals surface area contributed by atoms with Crippen LogP contribution in [0, 0.1) is 20.8 Å². The van der Waals surface area contributed by atoms with Crippen LogP contribution in [-0.4, -0.2) is 32.8 Å². The van der Waals surface area contributed by atoms with Gasteiger partial charge in [-0.05, 0) is 61.0 Å². The van der Waals surface area contributed by atoms with Crippen LogP contribution in [0.5, 0.6) is 5.75 Å². The standard InChI is InChI=1S/C20H20IN6O2PS/c1-10-11(2)31-20(23-10)13-5-6-14(16(7-13)29-4)25-15-8-17(22-9-28)26-19-18(15)24-12(3)27(19)30-21/h5-9,30H,1-4H3,(H2,22,25,26,28). The van der Waals surface area contributed by atoms with Crippen LogP contribution in [-0.2, 0) is 4.79 Å². The molecule has 0 radical (unpaired) electrons. The molecular formula is C20H20IN6O2PS. The highest BCUT2D eigenvalue weighted by molar-refractivity contribution is 14.2. The molecule has 0 bridgehead atoms. The number of rotatable bonds is 7. The summed E-state index contributed by atoms with van der Waals surface area (Å²) in [7, 11) is 1.64. The van der Waals surface area contributed by atoms with Gasteiger partial charge >= 0.3 is 0 Å². The van der Waals surface area contributed by atoms with E-state index in [9.17, 15) is 4.79 Å². The number of amides is 1. The maximum Gasteiger partial charge on any atom is 0.212 e. The molecule has 31 heavy (non-hydrogen) atoms. The zero-order valence-electron chi connectivity index (χ0n) is 17.3. The number of aromatic nitrogens is 4. The van der Waals surface area contributed by atoms with E-state index >= 15 is 0 Å². The average molecular weight is 566 g/mol. The summed E-state index contributed by atoms with van der Waals surface area (Å²) in [4.78, 5) is 26.1. The molecule has 0 aliphatic rings. The first-order chi connectivity index (χ1) is 14.9. The highest BCUT2D eigenvalue weighted by Gasteiger charge is 2.17. The normalized spacial score (nSPS) is 11.4. The molecule has 2 N–H and O–H groups in total. The summed E-state index contributed by atoms with van der Waals surface area (Å²) in [5.41, 5.74) is 5.00. The summed E-state index contributed by atoms with van der Waals surface area (Å²) in [6.07, 6.45) is 1.05. The SMILES string of the molecule is COc1cc(-c2nc(C)c(C)s2)ccc1Nc1cc(NC=O)nc2c1nc(C)n2PI. The van der Waals surface area contributed by atoms with E-state index in [4.69, 9.17) is 4.74 Å². The minimum Gasteiger partial charge on any atom is -0.495 e. The molecule has 0 spiro atoms. The van der Waals surface area contributed by atoms with Crippen LogP contribution in [0.3, 0.4) is 0 Å². The second kappa shape index (κ2) is 9.05. The number of aryl methyl sites for hydroxylation is 3. The lowest BCUT2D eigenvalue weighted by Crippen LogP contribution is -2.01. The number of carbonyl (C=O) groups excluding carboxylic acids is 1. The summed E-state index contributed by atoms with van der Waals surface area (Å²) in [6, 6.07) is 7.72. The number of imidazole rings is 1. The summed E-state index contributed by atoms with van der Waals surface area (Å²) in [5, 5.41) is 7.01. The topological polar surface area (TPSA) is 94.0 Å². The fourth-order valence-corrected chi connectivity index (χ4v) is 6.21. The second-order valence-corrected chi connectivity index (χ2v) is 10.0. The van der Waals surface area contributed by atoms with Gasteiger partial charge in [0.1, 0.15) is 27.9 Å². The summed E-state index contributed by atoms with van der Waals surface area (Å²) < 4.78 is 7.68. The number of carbonyl (C=O) groups is 1. The Morgan fingerprint density at radius 1 is 1.16 bits per heavy atom. The van der Waals surface area contributed by atoms with Gasteiger partial charge in [-0.15, -0.1) is 11.3 Å². The molecule has 8 nitrogen and oxygen atoms in total. The van der Waals surface area contributed by atoms with Crippen molar-refractivity contribution in [2.45, 2.75) is 20.8 Å². The quantitative estimate of drug-likeness (QED) is 0.172. The van der Waals surface area contributed by atoms with Crippen LogP contribution in [0.25, 0.3) is 21.7 Å². The van der Waals surface area contributed by atoms with E-state index in [0.29, 0.717) is 30.0 Å². The number of benzene rings is 1. The molecule has 0 fully saturated rings. The number of fused-ring (bicyclic) bond motifs is 1. The van der Waals surface area contributed by atoms with Gasteiger partial charge in [0.15, 0.2) is 5.65 Å². The molecule has 1 atom stereocenters. The third-order valence-electron chi connectivity index (χ3n) is 4.82. The maximum atomic E-state index is 11.0. The van der Waals surface area contributed by atoms with Crippen molar-refractivity contribution >= 4 is 74.5 Å². The Bertz CT molecular complexity index is 1270. The lowest BCUT2D eigenvalue weighted by atomic mass is 10.2. The number of thiazole rings is 1. The van der Waals surface area contributed by atoms with Gasteiger partial charge < -0.3 is 15.4 Å². The smallest absolute Gasteiger partial charge is 0.212 e. The monoisotopic (exact) mass is 566 g/mol. The zero-order chi connectivity index (χ0) is 22.1. The number of anilines is 3. The number of hydrogen-bond donors (Lipinski definition) is 2. The molecule has 11 heteroatoms. The van der Waals surface area contributed by atoms with Crippen LogP contribution in [0.15, 0.2) is 24.3 Å². The van der Waals surface area contributed by atoms with E-state index in [1.165, 1.54) is 4.88 Å². The average Bonchev–Trinajstić information content (AvgIpc) is 3.26. The summed E-state index contributed by atoms with van der Waals surface area (Å²) >= 11 is 3.96. The predicted molar refractivity (Wildman–Crippen MR) is 137 cm³/mol. The number of ether oxygens (including phenoxy) is 1. The van der Waals surface area contributed by atoms with Crippen molar-refractivity contribution in [3.8, 4) is 16.3 Å². The number of hydrogen-bond acceptors (Lipinski definition) is 7. The van der Waals surface area contributed by atoms with Crippen LogP contribution in [0.2, 0.25) is 0 Å². The molecule has 160 valence electrons. The predicted octanol–water partition coefficient (Wildman–Crippen LogP) is 5.59. The Labute approximate surface area is 198 Å². The van der Waals surface area contributed by atoms with Gasteiger partial charge in [-0.1, -0.05) is 0 Å². The van der Waals surface area contributed by atoms with E-state index in [1.807, 2.05) is 36.4 Å². The first kappa shape index (κ1) is 21.9. The van der Waals surface area contributed by atoms with Crippen molar-refractivity contribution in [2.24, 2.45) is 0 Å². The molecule has 4 rings (SSSR count). The van der Waals surface area contributed by atoms with E-state index in [1.54, 1.807) is 24.5 Å².